The number of nitro groups is 1. The van der Waals surface area contributed by atoms with Crippen molar-refractivity contribution in [1.82, 2.24) is 4.72 Å². The Bertz CT molecular complexity index is 589. The number of nitrogens with one attached hydrogen (secondary N) is 1. The summed E-state index contributed by atoms with van der Waals surface area (Å²) in [6, 6.07) is 5.15. The number of para-hydroxylation sites is 1. The van der Waals surface area contributed by atoms with E-state index < -0.39 is 26.2 Å². The van der Waals surface area contributed by atoms with Crippen molar-refractivity contribution in [3.8, 4) is 0 Å². The molecule has 104 valence electrons. The fourth-order valence-electron chi connectivity index (χ4n) is 2.07. The molecular weight excluding hydrogens is 272 g/mol. The quantitative estimate of drug-likeness (QED) is 0.614. The molecule has 0 radical (unpaired) electrons. The summed E-state index contributed by atoms with van der Waals surface area (Å²) in [5.41, 5.74) is -1.34. The Kier molecular flexibility index (Phi) is 3.57. The number of aliphatic hydroxyl groups excluding tert-OH is 1. The Morgan fingerprint density at radius 1 is 1.37 bits per heavy atom. The highest BCUT2D eigenvalue weighted by Gasteiger charge is 2.41. The first-order valence-corrected chi connectivity index (χ1v) is 7.27. The van der Waals surface area contributed by atoms with E-state index in [9.17, 15) is 23.6 Å². The van der Waals surface area contributed by atoms with E-state index in [1.165, 1.54) is 18.2 Å². The van der Waals surface area contributed by atoms with Crippen LogP contribution in [0.3, 0.4) is 0 Å². The van der Waals surface area contributed by atoms with Gasteiger partial charge in [-0.05, 0) is 25.3 Å². The zero-order valence-electron chi connectivity index (χ0n) is 10.1. The van der Waals surface area contributed by atoms with Gasteiger partial charge in [0.25, 0.3) is 5.69 Å². The molecule has 0 aliphatic heterocycles. The molecule has 8 heteroatoms. The first-order valence-electron chi connectivity index (χ1n) is 5.78. The zero-order valence-corrected chi connectivity index (χ0v) is 10.9. The van der Waals surface area contributed by atoms with Gasteiger partial charge in [-0.15, -0.1) is 0 Å². The molecule has 0 bridgehead atoms. The van der Waals surface area contributed by atoms with Crippen molar-refractivity contribution in [2.45, 2.75) is 29.7 Å². The second kappa shape index (κ2) is 4.87. The lowest BCUT2D eigenvalue weighted by Crippen LogP contribution is -2.56. The molecule has 0 amide bonds. The Morgan fingerprint density at radius 3 is 2.47 bits per heavy atom. The lowest BCUT2D eigenvalue weighted by molar-refractivity contribution is -0.387. The fourth-order valence-corrected chi connectivity index (χ4v) is 3.70. The molecule has 1 aliphatic rings. The minimum atomic E-state index is -4.02. The summed E-state index contributed by atoms with van der Waals surface area (Å²) in [7, 11) is -4.02. The number of hydrogen-bond acceptors (Lipinski definition) is 5. The van der Waals surface area contributed by atoms with Crippen molar-refractivity contribution in [1.29, 1.82) is 0 Å². The number of hydrogen-bond donors (Lipinski definition) is 2. The van der Waals surface area contributed by atoms with Crippen LogP contribution in [0.5, 0.6) is 0 Å². The van der Waals surface area contributed by atoms with Gasteiger partial charge >= 0.3 is 0 Å². The monoisotopic (exact) mass is 286 g/mol. The highest BCUT2D eigenvalue weighted by Crippen LogP contribution is 2.34. The predicted octanol–water partition coefficient (Wildman–Crippen LogP) is 0.788. The average molecular weight is 286 g/mol. The summed E-state index contributed by atoms with van der Waals surface area (Å²) >= 11 is 0. The van der Waals surface area contributed by atoms with Gasteiger partial charge in [0.05, 0.1) is 17.1 Å². The molecule has 1 aliphatic carbocycles. The predicted molar refractivity (Wildman–Crippen MR) is 67.1 cm³/mol. The van der Waals surface area contributed by atoms with Crippen LogP contribution >= 0.6 is 0 Å². The fraction of sp³-hybridized carbons (Fsp3) is 0.455. The van der Waals surface area contributed by atoms with Gasteiger partial charge in [-0.25, -0.2) is 13.1 Å². The molecular formula is C11H14N2O5S. The van der Waals surface area contributed by atoms with Crippen molar-refractivity contribution >= 4 is 15.7 Å². The molecule has 2 rings (SSSR count). The van der Waals surface area contributed by atoms with Gasteiger partial charge in [-0.1, -0.05) is 12.1 Å². The molecule has 7 nitrogen and oxygen atoms in total. The van der Waals surface area contributed by atoms with Crippen LogP contribution in [0.2, 0.25) is 0 Å². The Morgan fingerprint density at radius 2 is 2.00 bits per heavy atom. The number of benzene rings is 1. The molecule has 0 unspecified atom stereocenters. The highest BCUT2D eigenvalue weighted by molar-refractivity contribution is 7.89. The first-order chi connectivity index (χ1) is 8.90. The summed E-state index contributed by atoms with van der Waals surface area (Å²) in [4.78, 5) is 9.74. The third-order valence-electron chi connectivity index (χ3n) is 3.32. The van der Waals surface area contributed by atoms with E-state index in [-0.39, 0.29) is 11.5 Å². The molecule has 0 spiro atoms. The van der Waals surface area contributed by atoms with Gasteiger partial charge in [0.2, 0.25) is 10.0 Å². The molecule has 0 atom stereocenters. The minimum absolute atomic E-state index is 0.313. The molecule has 0 heterocycles. The summed E-state index contributed by atoms with van der Waals surface area (Å²) < 4.78 is 26.8. The lowest BCUT2D eigenvalue weighted by Gasteiger charge is -2.40. The lowest BCUT2D eigenvalue weighted by atomic mass is 9.78. The van der Waals surface area contributed by atoms with Crippen LogP contribution in [0.25, 0.3) is 0 Å². The van der Waals surface area contributed by atoms with Crippen LogP contribution in [0, 0.1) is 10.1 Å². The van der Waals surface area contributed by atoms with Crippen molar-refractivity contribution in [3.63, 3.8) is 0 Å². The number of nitro benzene ring substituents is 1. The number of rotatable bonds is 5. The summed E-state index contributed by atoms with van der Waals surface area (Å²) in [5.74, 6) is 0. The van der Waals surface area contributed by atoms with Gasteiger partial charge in [0.15, 0.2) is 4.90 Å². The van der Waals surface area contributed by atoms with Crippen molar-refractivity contribution in [2.24, 2.45) is 0 Å². The topological polar surface area (TPSA) is 110 Å². The van der Waals surface area contributed by atoms with E-state index in [1.807, 2.05) is 0 Å². The van der Waals surface area contributed by atoms with Crippen molar-refractivity contribution in [3.05, 3.63) is 34.4 Å². The second-order valence-electron chi connectivity index (χ2n) is 4.62. The third kappa shape index (κ3) is 2.60. The molecule has 2 N–H and O–H groups in total. The van der Waals surface area contributed by atoms with Crippen LogP contribution in [0.15, 0.2) is 29.2 Å². The molecule has 19 heavy (non-hydrogen) atoms. The maximum absolute atomic E-state index is 12.2. The SMILES string of the molecule is O=[N+]([O-])c1ccccc1S(=O)(=O)NC1(CO)CCC1. The largest absolute Gasteiger partial charge is 0.394 e. The Labute approximate surface area is 110 Å². The molecule has 0 aromatic heterocycles. The molecule has 1 aromatic carbocycles. The van der Waals surface area contributed by atoms with Crippen LogP contribution in [-0.4, -0.2) is 30.6 Å². The Balaban J connectivity index is 2.37. The van der Waals surface area contributed by atoms with E-state index in [2.05, 4.69) is 4.72 Å². The number of sulfonamides is 1. The normalized spacial score (nSPS) is 17.7. The van der Waals surface area contributed by atoms with Gasteiger partial charge in [-0.3, -0.25) is 10.1 Å². The first kappa shape index (κ1) is 13.9. The summed E-state index contributed by atoms with van der Waals surface area (Å²) in [5, 5.41) is 20.1. The molecule has 0 saturated heterocycles. The van der Waals surface area contributed by atoms with Crippen molar-refractivity contribution < 1.29 is 18.4 Å². The summed E-state index contributed by atoms with van der Waals surface area (Å²) in [6.45, 7) is -0.313. The van der Waals surface area contributed by atoms with Gasteiger partial charge in [-0.2, -0.15) is 0 Å². The van der Waals surface area contributed by atoms with Crippen LogP contribution in [-0.2, 0) is 10.0 Å². The maximum Gasteiger partial charge on any atom is 0.289 e. The van der Waals surface area contributed by atoms with Crippen LogP contribution in [0.4, 0.5) is 5.69 Å². The Hall–Kier alpha value is -1.51. The minimum Gasteiger partial charge on any atom is -0.394 e. The second-order valence-corrected chi connectivity index (χ2v) is 6.27. The zero-order chi connectivity index (χ0) is 14.1. The number of nitrogens with zero attached hydrogens (tertiary/aromatic N) is 1. The van der Waals surface area contributed by atoms with E-state index >= 15 is 0 Å². The van der Waals surface area contributed by atoms with Crippen LogP contribution in [0.1, 0.15) is 19.3 Å². The molecule has 1 saturated carbocycles. The van der Waals surface area contributed by atoms with Gasteiger partial charge in [0, 0.05) is 6.07 Å². The molecule has 1 fully saturated rings. The summed E-state index contributed by atoms with van der Waals surface area (Å²) in [6.07, 6.45) is 1.88. The van der Waals surface area contributed by atoms with E-state index in [1.54, 1.807) is 0 Å². The molecule has 1 aromatic rings. The average Bonchev–Trinajstić information content (AvgIpc) is 2.34. The van der Waals surface area contributed by atoms with Gasteiger partial charge in [0.1, 0.15) is 0 Å². The standard InChI is InChI=1S/C11H14N2O5S/c14-8-11(6-3-7-11)12-19(17,18)10-5-2-1-4-9(10)13(15)16/h1-2,4-5,12,14H,3,6-8H2. The smallest absolute Gasteiger partial charge is 0.289 e. The van der Waals surface area contributed by atoms with E-state index in [0.29, 0.717) is 12.8 Å². The van der Waals surface area contributed by atoms with Crippen LogP contribution < -0.4 is 4.72 Å². The van der Waals surface area contributed by atoms with Gasteiger partial charge < -0.3 is 5.11 Å². The third-order valence-corrected chi connectivity index (χ3v) is 4.94. The van der Waals surface area contributed by atoms with E-state index in [0.717, 1.165) is 12.5 Å². The van der Waals surface area contributed by atoms with Crippen molar-refractivity contribution in [2.75, 3.05) is 6.61 Å². The maximum atomic E-state index is 12.2. The number of aliphatic hydroxyl groups is 1. The van der Waals surface area contributed by atoms with E-state index in [4.69, 9.17) is 0 Å². The highest BCUT2D eigenvalue weighted by atomic mass is 32.2.